The number of cyclic esters (lactones) is 1. The van der Waals surface area contributed by atoms with Gasteiger partial charge in [-0.3, -0.25) is 10.2 Å². The quantitative estimate of drug-likeness (QED) is 0.224. The van der Waals surface area contributed by atoms with Crippen LogP contribution in [0.15, 0.2) is 34.5 Å². The lowest BCUT2D eigenvalue weighted by Gasteiger charge is -2.26. The SMILES string of the molecule is CCC=NNc1ccc(C2(N=[N+]=[N-])OC(=O)CC2C)cc1. The van der Waals surface area contributed by atoms with Crippen molar-refractivity contribution in [3.63, 3.8) is 0 Å². The van der Waals surface area contributed by atoms with Gasteiger partial charge in [-0.05, 0) is 29.2 Å². The van der Waals surface area contributed by atoms with Crippen LogP contribution in [0.1, 0.15) is 32.3 Å². The van der Waals surface area contributed by atoms with Gasteiger partial charge in [0.15, 0.2) is 0 Å². The molecule has 1 N–H and O–H groups in total. The number of carbonyl (C=O) groups excluding carboxylic acids is 1. The zero-order valence-corrected chi connectivity index (χ0v) is 12.0. The average molecular weight is 287 g/mol. The fourth-order valence-electron chi connectivity index (χ4n) is 2.29. The summed E-state index contributed by atoms with van der Waals surface area (Å²) in [6.45, 7) is 3.82. The lowest BCUT2D eigenvalue weighted by Crippen LogP contribution is -2.28. The Balaban J connectivity index is 2.28. The maximum absolute atomic E-state index is 11.5. The molecular formula is C14H17N5O2. The summed E-state index contributed by atoms with van der Waals surface area (Å²) >= 11 is 0. The summed E-state index contributed by atoms with van der Waals surface area (Å²) < 4.78 is 5.32. The van der Waals surface area contributed by atoms with E-state index in [0.717, 1.165) is 12.1 Å². The fraction of sp³-hybridized carbons (Fsp3) is 0.429. The van der Waals surface area contributed by atoms with E-state index in [1.165, 1.54) is 0 Å². The maximum Gasteiger partial charge on any atom is 0.307 e. The van der Waals surface area contributed by atoms with Crippen LogP contribution in [0.25, 0.3) is 10.4 Å². The maximum atomic E-state index is 11.5. The van der Waals surface area contributed by atoms with E-state index in [2.05, 4.69) is 20.6 Å². The topological polar surface area (TPSA) is 99.5 Å². The third kappa shape index (κ3) is 2.98. The van der Waals surface area contributed by atoms with Gasteiger partial charge in [-0.15, -0.1) is 0 Å². The van der Waals surface area contributed by atoms with Crippen molar-refractivity contribution >= 4 is 17.9 Å². The normalized spacial score (nSPS) is 24.7. The number of hydrogen-bond donors (Lipinski definition) is 1. The summed E-state index contributed by atoms with van der Waals surface area (Å²) in [5, 5.41) is 7.77. The van der Waals surface area contributed by atoms with E-state index in [9.17, 15) is 4.79 Å². The smallest absolute Gasteiger partial charge is 0.307 e. The van der Waals surface area contributed by atoms with Crippen molar-refractivity contribution in [2.45, 2.75) is 32.4 Å². The molecule has 2 unspecified atom stereocenters. The Hall–Kier alpha value is -2.53. The first-order valence-corrected chi connectivity index (χ1v) is 6.78. The first kappa shape index (κ1) is 14.9. The molecular weight excluding hydrogens is 270 g/mol. The Bertz CT molecular complexity index is 592. The van der Waals surface area contributed by atoms with Gasteiger partial charge < -0.3 is 4.74 Å². The first-order valence-electron chi connectivity index (χ1n) is 6.78. The average Bonchev–Trinajstić information content (AvgIpc) is 2.75. The molecule has 2 atom stereocenters. The Morgan fingerprint density at radius 2 is 2.24 bits per heavy atom. The minimum absolute atomic E-state index is 0.210. The van der Waals surface area contributed by atoms with E-state index in [4.69, 9.17) is 10.3 Å². The first-order chi connectivity index (χ1) is 10.1. The number of hydrogen-bond acceptors (Lipinski definition) is 5. The van der Waals surface area contributed by atoms with Gasteiger partial charge in [0.25, 0.3) is 0 Å². The van der Waals surface area contributed by atoms with Crippen LogP contribution in [-0.4, -0.2) is 12.2 Å². The number of nitrogens with zero attached hydrogens (tertiary/aromatic N) is 4. The molecule has 0 spiro atoms. The second-order valence-corrected chi connectivity index (χ2v) is 4.87. The third-order valence-electron chi connectivity index (χ3n) is 3.37. The van der Waals surface area contributed by atoms with Gasteiger partial charge in [0, 0.05) is 22.6 Å². The molecule has 0 aliphatic carbocycles. The van der Waals surface area contributed by atoms with Gasteiger partial charge in [-0.1, -0.05) is 26.0 Å². The number of rotatable bonds is 5. The highest BCUT2D eigenvalue weighted by molar-refractivity contribution is 5.73. The van der Waals surface area contributed by atoms with Gasteiger partial charge in [-0.25, -0.2) is 0 Å². The molecule has 7 nitrogen and oxygen atoms in total. The highest BCUT2D eigenvalue weighted by atomic mass is 16.6. The van der Waals surface area contributed by atoms with Gasteiger partial charge in [0.2, 0.25) is 5.72 Å². The predicted octanol–water partition coefficient (Wildman–Crippen LogP) is 3.54. The van der Waals surface area contributed by atoms with Gasteiger partial charge in [0.05, 0.1) is 12.1 Å². The number of azide groups is 1. The number of ether oxygens (including phenoxy) is 1. The molecule has 0 aromatic heterocycles. The molecule has 0 radical (unpaired) electrons. The molecule has 1 aromatic rings. The van der Waals surface area contributed by atoms with E-state index in [-0.39, 0.29) is 18.3 Å². The van der Waals surface area contributed by atoms with Crippen molar-refractivity contribution in [3.8, 4) is 0 Å². The highest BCUT2D eigenvalue weighted by Gasteiger charge is 2.47. The standard InChI is InChI=1S/C14H17N5O2/c1-3-8-16-17-12-6-4-11(5-7-12)14(18-19-15)10(2)9-13(20)21-14/h4-8,10,17H,3,9H2,1-2H3. The predicted molar refractivity (Wildman–Crippen MR) is 79.5 cm³/mol. The van der Waals surface area contributed by atoms with Crippen molar-refractivity contribution < 1.29 is 9.53 Å². The van der Waals surface area contributed by atoms with E-state index >= 15 is 0 Å². The molecule has 7 heteroatoms. The third-order valence-corrected chi connectivity index (χ3v) is 3.37. The van der Waals surface area contributed by atoms with Gasteiger partial charge in [0.1, 0.15) is 0 Å². The van der Waals surface area contributed by atoms with Crippen LogP contribution in [0, 0.1) is 5.92 Å². The summed E-state index contributed by atoms with van der Waals surface area (Å²) in [5.74, 6) is -0.567. The minimum Gasteiger partial charge on any atom is -0.448 e. The molecule has 2 rings (SSSR count). The van der Waals surface area contributed by atoms with Crippen molar-refractivity contribution in [2.75, 3.05) is 5.43 Å². The molecule has 0 saturated carbocycles. The van der Waals surface area contributed by atoms with Crippen LogP contribution in [0.5, 0.6) is 0 Å². The van der Waals surface area contributed by atoms with E-state index in [1.807, 2.05) is 13.8 Å². The van der Waals surface area contributed by atoms with Crippen LogP contribution in [0.2, 0.25) is 0 Å². The van der Waals surface area contributed by atoms with Crippen molar-refractivity contribution in [1.29, 1.82) is 0 Å². The number of hydrazone groups is 1. The molecule has 1 heterocycles. The number of anilines is 1. The zero-order valence-electron chi connectivity index (χ0n) is 12.0. The zero-order chi connectivity index (χ0) is 15.3. The molecule has 21 heavy (non-hydrogen) atoms. The van der Waals surface area contributed by atoms with Crippen LogP contribution in [0.4, 0.5) is 5.69 Å². The van der Waals surface area contributed by atoms with E-state index < -0.39 is 5.72 Å². The molecule has 1 aliphatic rings. The van der Waals surface area contributed by atoms with Gasteiger partial charge in [-0.2, -0.15) is 5.10 Å². The van der Waals surface area contributed by atoms with Crippen LogP contribution >= 0.6 is 0 Å². The number of carbonyl (C=O) groups is 1. The molecule has 1 saturated heterocycles. The Labute approximate surface area is 122 Å². The molecule has 1 fully saturated rings. The lowest BCUT2D eigenvalue weighted by atomic mass is 9.91. The molecule has 0 bridgehead atoms. The lowest BCUT2D eigenvalue weighted by molar-refractivity contribution is -0.149. The molecule has 1 aliphatic heterocycles. The summed E-state index contributed by atoms with van der Waals surface area (Å²) in [4.78, 5) is 14.4. The summed E-state index contributed by atoms with van der Waals surface area (Å²) in [5.41, 5.74) is 11.9. The van der Waals surface area contributed by atoms with Crippen molar-refractivity contribution in [3.05, 3.63) is 40.3 Å². The van der Waals surface area contributed by atoms with Crippen molar-refractivity contribution in [2.24, 2.45) is 16.1 Å². The minimum atomic E-state index is -1.25. The largest absolute Gasteiger partial charge is 0.448 e. The second-order valence-electron chi connectivity index (χ2n) is 4.87. The number of nitrogens with one attached hydrogen (secondary N) is 1. The summed E-state index contributed by atoms with van der Waals surface area (Å²) in [7, 11) is 0. The van der Waals surface area contributed by atoms with E-state index in [1.54, 1.807) is 30.5 Å². The van der Waals surface area contributed by atoms with E-state index in [0.29, 0.717) is 5.56 Å². The molecule has 0 amide bonds. The monoisotopic (exact) mass is 287 g/mol. The Morgan fingerprint density at radius 1 is 1.52 bits per heavy atom. The number of benzene rings is 1. The summed E-state index contributed by atoms with van der Waals surface area (Å²) in [6.07, 6.45) is 2.84. The Morgan fingerprint density at radius 3 is 2.76 bits per heavy atom. The fourth-order valence-corrected chi connectivity index (χ4v) is 2.29. The second kappa shape index (κ2) is 6.28. The Kier molecular flexibility index (Phi) is 4.45. The number of esters is 1. The van der Waals surface area contributed by atoms with Crippen LogP contribution in [0.3, 0.4) is 0 Å². The van der Waals surface area contributed by atoms with Crippen LogP contribution in [-0.2, 0) is 15.3 Å². The molecule has 1 aromatic carbocycles. The van der Waals surface area contributed by atoms with Crippen molar-refractivity contribution in [1.82, 2.24) is 0 Å². The van der Waals surface area contributed by atoms with Crippen LogP contribution < -0.4 is 5.43 Å². The highest BCUT2D eigenvalue weighted by Crippen LogP contribution is 2.43. The molecule has 110 valence electrons. The van der Waals surface area contributed by atoms with Gasteiger partial charge >= 0.3 is 5.97 Å². The summed E-state index contributed by atoms with van der Waals surface area (Å²) in [6, 6.07) is 7.15.